The van der Waals surface area contributed by atoms with E-state index in [0.29, 0.717) is 17.9 Å². The van der Waals surface area contributed by atoms with Gasteiger partial charge in [-0.05, 0) is 18.6 Å². The highest BCUT2D eigenvalue weighted by Gasteiger charge is 2.17. The van der Waals surface area contributed by atoms with Gasteiger partial charge in [-0.25, -0.2) is 18.9 Å². The highest BCUT2D eigenvalue weighted by Crippen LogP contribution is 2.27. The fourth-order valence-corrected chi connectivity index (χ4v) is 2.17. The molecule has 1 aromatic heterocycles. The van der Waals surface area contributed by atoms with Crippen LogP contribution in [-0.4, -0.2) is 25.8 Å². The van der Waals surface area contributed by atoms with Gasteiger partial charge in [-0.15, -0.1) is 5.10 Å². The lowest BCUT2D eigenvalue weighted by Crippen LogP contribution is -2.04. The molecule has 0 saturated carbocycles. The number of aryl methyl sites for hydroxylation is 1. The van der Waals surface area contributed by atoms with E-state index >= 15 is 0 Å². The molecule has 2 rings (SSSR count). The summed E-state index contributed by atoms with van der Waals surface area (Å²) in [5, 5.41) is 12.5. The smallest absolute Gasteiger partial charge is 0.375 e. The summed E-state index contributed by atoms with van der Waals surface area (Å²) in [4.78, 5) is 14.9. The number of rotatable bonds is 4. The van der Waals surface area contributed by atoms with Crippen molar-refractivity contribution in [2.24, 2.45) is 0 Å². The molecular formula is C12H10Cl2FN3O2. The first-order valence-corrected chi connectivity index (χ1v) is 6.53. The van der Waals surface area contributed by atoms with Crippen molar-refractivity contribution in [1.82, 2.24) is 14.8 Å². The SMILES string of the molecule is CCCc1nc(C(=O)O)nn1-c1cc(Cl)c(F)c(Cl)c1. The zero-order chi connectivity index (χ0) is 14.9. The number of carboxylic acid groups (broad SMARTS) is 1. The van der Waals surface area contributed by atoms with Crippen LogP contribution in [0.5, 0.6) is 0 Å². The van der Waals surface area contributed by atoms with Crippen molar-refractivity contribution in [2.75, 3.05) is 0 Å². The maximum absolute atomic E-state index is 13.4. The zero-order valence-corrected chi connectivity index (χ0v) is 11.9. The molecule has 0 aliphatic carbocycles. The first-order chi connectivity index (χ1) is 9.43. The summed E-state index contributed by atoms with van der Waals surface area (Å²) in [5.41, 5.74) is 0.366. The summed E-state index contributed by atoms with van der Waals surface area (Å²) in [6.07, 6.45) is 1.27. The molecule has 0 aliphatic heterocycles. The molecule has 0 atom stereocenters. The molecule has 0 spiro atoms. The highest BCUT2D eigenvalue weighted by atomic mass is 35.5. The molecule has 2 aromatic rings. The number of carbonyl (C=O) groups is 1. The molecule has 0 bridgehead atoms. The van der Waals surface area contributed by atoms with E-state index in [1.165, 1.54) is 16.8 Å². The van der Waals surface area contributed by atoms with E-state index in [-0.39, 0.29) is 15.9 Å². The Balaban J connectivity index is 2.58. The first kappa shape index (κ1) is 14.7. The third kappa shape index (κ3) is 2.76. The van der Waals surface area contributed by atoms with E-state index in [2.05, 4.69) is 10.1 Å². The molecule has 0 aliphatic rings. The van der Waals surface area contributed by atoms with Crippen molar-refractivity contribution in [2.45, 2.75) is 19.8 Å². The second-order valence-corrected chi connectivity index (χ2v) is 4.86. The van der Waals surface area contributed by atoms with Crippen LogP contribution in [0.3, 0.4) is 0 Å². The van der Waals surface area contributed by atoms with Crippen LogP contribution in [-0.2, 0) is 6.42 Å². The fraction of sp³-hybridized carbons (Fsp3) is 0.250. The molecule has 0 unspecified atom stereocenters. The van der Waals surface area contributed by atoms with Crippen LogP contribution < -0.4 is 0 Å². The van der Waals surface area contributed by atoms with E-state index in [9.17, 15) is 9.18 Å². The lowest BCUT2D eigenvalue weighted by molar-refractivity contribution is 0.0683. The van der Waals surface area contributed by atoms with Gasteiger partial charge in [0, 0.05) is 6.42 Å². The Morgan fingerprint density at radius 3 is 2.50 bits per heavy atom. The summed E-state index contributed by atoms with van der Waals surface area (Å²) in [6.45, 7) is 1.92. The Morgan fingerprint density at radius 1 is 1.40 bits per heavy atom. The van der Waals surface area contributed by atoms with Crippen molar-refractivity contribution in [3.8, 4) is 5.69 Å². The van der Waals surface area contributed by atoms with E-state index in [0.717, 1.165) is 6.42 Å². The maximum atomic E-state index is 13.4. The van der Waals surface area contributed by atoms with Crippen LogP contribution in [0.2, 0.25) is 10.0 Å². The predicted octanol–water partition coefficient (Wildman–Crippen LogP) is 3.36. The predicted molar refractivity (Wildman–Crippen MR) is 72.3 cm³/mol. The average Bonchev–Trinajstić information content (AvgIpc) is 2.80. The number of aromatic nitrogens is 3. The molecule has 0 fully saturated rings. The Kier molecular flexibility index (Phi) is 4.25. The zero-order valence-electron chi connectivity index (χ0n) is 10.4. The van der Waals surface area contributed by atoms with E-state index < -0.39 is 11.8 Å². The molecule has 0 saturated heterocycles. The van der Waals surface area contributed by atoms with Gasteiger partial charge in [0.25, 0.3) is 5.82 Å². The van der Waals surface area contributed by atoms with E-state index in [1.807, 2.05) is 6.92 Å². The van der Waals surface area contributed by atoms with Crippen LogP contribution in [0.15, 0.2) is 12.1 Å². The third-order valence-corrected chi connectivity index (χ3v) is 3.10. The van der Waals surface area contributed by atoms with Crippen molar-refractivity contribution in [1.29, 1.82) is 0 Å². The lowest BCUT2D eigenvalue weighted by atomic mass is 10.3. The Labute approximate surface area is 124 Å². The molecule has 0 amide bonds. The van der Waals surface area contributed by atoms with Gasteiger partial charge in [0.05, 0.1) is 15.7 Å². The van der Waals surface area contributed by atoms with Crippen molar-refractivity contribution < 1.29 is 14.3 Å². The average molecular weight is 318 g/mol. The summed E-state index contributed by atoms with van der Waals surface area (Å²) in [7, 11) is 0. The molecule has 5 nitrogen and oxygen atoms in total. The standard InChI is InChI=1S/C12H10Cl2FN3O2/c1-2-3-9-16-11(12(19)20)17-18(9)6-4-7(13)10(15)8(14)5-6/h4-5H,2-3H2,1H3,(H,19,20). The van der Waals surface area contributed by atoms with Gasteiger partial charge in [-0.2, -0.15) is 0 Å². The summed E-state index contributed by atoms with van der Waals surface area (Å²) in [5.74, 6) is -1.85. The van der Waals surface area contributed by atoms with Crippen LogP contribution >= 0.6 is 23.2 Å². The van der Waals surface area contributed by atoms with Crippen LogP contribution in [0.25, 0.3) is 5.69 Å². The molecule has 1 N–H and O–H groups in total. The van der Waals surface area contributed by atoms with Crippen LogP contribution in [0.1, 0.15) is 29.8 Å². The molecule has 20 heavy (non-hydrogen) atoms. The minimum Gasteiger partial charge on any atom is -0.475 e. The second-order valence-electron chi connectivity index (χ2n) is 4.04. The number of aromatic carboxylic acids is 1. The summed E-state index contributed by atoms with van der Waals surface area (Å²) < 4.78 is 14.7. The van der Waals surface area contributed by atoms with Gasteiger partial charge in [-0.3, -0.25) is 0 Å². The number of hydrogen-bond donors (Lipinski definition) is 1. The van der Waals surface area contributed by atoms with Crippen LogP contribution in [0.4, 0.5) is 4.39 Å². The lowest BCUT2D eigenvalue weighted by Gasteiger charge is -2.07. The second kappa shape index (κ2) is 5.76. The van der Waals surface area contributed by atoms with Crippen LogP contribution in [0, 0.1) is 5.82 Å². The monoisotopic (exact) mass is 317 g/mol. The van der Waals surface area contributed by atoms with Crippen molar-refractivity contribution in [3.05, 3.63) is 39.6 Å². The Morgan fingerprint density at radius 2 is 2.00 bits per heavy atom. The minimum atomic E-state index is -1.24. The molecule has 106 valence electrons. The summed E-state index contributed by atoms with van der Waals surface area (Å²) in [6, 6.07) is 2.64. The Hall–Kier alpha value is -1.66. The Bertz CT molecular complexity index is 650. The van der Waals surface area contributed by atoms with Gasteiger partial charge in [0.1, 0.15) is 5.82 Å². The number of nitrogens with zero attached hydrogens (tertiary/aromatic N) is 3. The van der Waals surface area contributed by atoms with Gasteiger partial charge >= 0.3 is 5.97 Å². The quantitative estimate of drug-likeness (QED) is 0.878. The molecule has 1 heterocycles. The number of halogens is 3. The fourth-order valence-electron chi connectivity index (χ4n) is 1.69. The number of hydrogen-bond acceptors (Lipinski definition) is 3. The topological polar surface area (TPSA) is 68.0 Å². The van der Waals surface area contributed by atoms with E-state index in [4.69, 9.17) is 28.3 Å². The molecule has 0 radical (unpaired) electrons. The van der Waals surface area contributed by atoms with Crippen molar-refractivity contribution >= 4 is 29.2 Å². The summed E-state index contributed by atoms with van der Waals surface area (Å²) >= 11 is 11.5. The molecular weight excluding hydrogens is 308 g/mol. The van der Waals surface area contributed by atoms with Gasteiger partial charge in [0.15, 0.2) is 5.82 Å². The largest absolute Gasteiger partial charge is 0.475 e. The first-order valence-electron chi connectivity index (χ1n) is 5.78. The molecule has 8 heteroatoms. The third-order valence-electron chi connectivity index (χ3n) is 2.55. The molecule has 1 aromatic carbocycles. The van der Waals surface area contributed by atoms with Gasteiger partial charge < -0.3 is 5.11 Å². The highest BCUT2D eigenvalue weighted by molar-refractivity contribution is 6.35. The number of carboxylic acids is 1. The number of benzene rings is 1. The maximum Gasteiger partial charge on any atom is 0.375 e. The van der Waals surface area contributed by atoms with Gasteiger partial charge in [0.2, 0.25) is 0 Å². The van der Waals surface area contributed by atoms with E-state index in [1.54, 1.807) is 0 Å². The normalized spacial score (nSPS) is 10.8. The van der Waals surface area contributed by atoms with Gasteiger partial charge in [-0.1, -0.05) is 30.1 Å². The minimum absolute atomic E-state index is 0.165. The van der Waals surface area contributed by atoms with Crippen molar-refractivity contribution in [3.63, 3.8) is 0 Å².